The number of carbonyl (C=O) groups is 2. The Morgan fingerprint density at radius 2 is 1.75 bits per heavy atom. The summed E-state index contributed by atoms with van der Waals surface area (Å²) in [7, 11) is -1.51. The van der Waals surface area contributed by atoms with E-state index >= 15 is 0 Å². The van der Waals surface area contributed by atoms with Crippen molar-refractivity contribution < 1.29 is 28.0 Å². The molecule has 0 aromatic heterocycles. The van der Waals surface area contributed by atoms with Gasteiger partial charge in [-0.3, -0.25) is 4.79 Å². The highest BCUT2D eigenvalue weighted by Crippen LogP contribution is 2.47. The zero-order chi connectivity index (χ0) is 19.8. The van der Waals surface area contributed by atoms with E-state index in [1.165, 1.54) is 0 Å². The van der Waals surface area contributed by atoms with Crippen molar-refractivity contribution in [3.63, 3.8) is 0 Å². The van der Waals surface area contributed by atoms with Gasteiger partial charge in [0.1, 0.15) is 6.29 Å². The molecule has 0 bridgehead atoms. The summed E-state index contributed by atoms with van der Waals surface area (Å²) in [6.45, 7) is 9.14. The van der Waals surface area contributed by atoms with Crippen LogP contribution in [0.2, 0.25) is 0 Å². The number of carbonyl (C=O) groups excluding carboxylic acids is 2. The second-order valence-electron chi connectivity index (χ2n) is 4.84. The van der Waals surface area contributed by atoms with Crippen LogP contribution in [0, 0.1) is 24.2 Å². The van der Waals surface area contributed by atoms with Crippen LogP contribution in [-0.4, -0.2) is 36.5 Å². The molecule has 0 aliphatic carbocycles. The zero-order valence-corrected chi connectivity index (χ0v) is 16.5. The predicted octanol–water partition coefficient (Wildman–Crippen LogP) is 3.59. The van der Waals surface area contributed by atoms with Gasteiger partial charge in [0.15, 0.2) is 0 Å². The highest BCUT2D eigenvalue weighted by Gasteiger charge is 2.41. The number of aldehydes is 1. The molecule has 0 radical (unpaired) electrons. The Bertz CT molecular complexity index is 499. The Labute approximate surface area is 145 Å². The summed E-state index contributed by atoms with van der Waals surface area (Å²) in [6.07, 6.45) is 8.06. The molecule has 138 valence electrons. The van der Waals surface area contributed by atoms with Gasteiger partial charge in [-0.1, -0.05) is 27.7 Å². The van der Waals surface area contributed by atoms with Crippen molar-refractivity contribution in [3.8, 4) is 12.3 Å². The molecule has 0 rings (SSSR count). The van der Waals surface area contributed by atoms with Crippen LogP contribution in [0.25, 0.3) is 5.53 Å². The van der Waals surface area contributed by atoms with E-state index < -0.39 is 18.8 Å². The van der Waals surface area contributed by atoms with Gasteiger partial charge in [0.05, 0.1) is 0 Å². The van der Waals surface area contributed by atoms with E-state index in [-0.39, 0.29) is 5.92 Å². The van der Waals surface area contributed by atoms with Crippen LogP contribution in [-0.2, 0) is 23.2 Å². The quantitative estimate of drug-likeness (QED) is 0.172. The molecular weight excluding hydrogens is 331 g/mol. The molecule has 0 fully saturated rings. The topological polar surface area (TPSA) is 106 Å². The lowest BCUT2D eigenvalue weighted by Crippen LogP contribution is -2.13. The third kappa shape index (κ3) is 12.9. The van der Waals surface area contributed by atoms with Crippen LogP contribution in [0.15, 0.2) is 0 Å². The molecule has 0 unspecified atom stereocenters. The van der Waals surface area contributed by atoms with Gasteiger partial charge >= 0.3 is 13.0 Å². The van der Waals surface area contributed by atoms with Crippen LogP contribution in [0.4, 0.5) is 0 Å². The van der Waals surface area contributed by atoms with Crippen molar-refractivity contribution in [1.82, 2.24) is 0 Å². The van der Waals surface area contributed by atoms with E-state index in [4.69, 9.17) is 12.0 Å². The molecule has 0 amide bonds. The van der Waals surface area contributed by atoms with Crippen molar-refractivity contribution >= 4 is 25.1 Å². The molecule has 24 heavy (non-hydrogen) atoms. The van der Waals surface area contributed by atoms with Crippen molar-refractivity contribution in [1.29, 1.82) is 0 Å². The smallest absolute Gasteiger partial charge is 0.360 e. The minimum atomic E-state index is -3.70. The first-order valence-corrected chi connectivity index (χ1v) is 9.04. The molecule has 0 aliphatic rings. The highest BCUT2D eigenvalue weighted by atomic mass is 31.2. The highest BCUT2D eigenvalue weighted by molar-refractivity contribution is 7.74. The van der Waals surface area contributed by atoms with Gasteiger partial charge in [0.2, 0.25) is 5.78 Å². The molecule has 0 N–H and O–H groups in total. The van der Waals surface area contributed by atoms with Crippen molar-refractivity contribution in [2.24, 2.45) is 11.8 Å². The Hall–Kier alpha value is -1.57. The Morgan fingerprint density at radius 3 is 1.79 bits per heavy atom. The van der Waals surface area contributed by atoms with Gasteiger partial charge in [0.25, 0.3) is 0 Å². The fourth-order valence-electron chi connectivity index (χ4n) is 0.780. The third-order valence-corrected chi connectivity index (χ3v) is 4.81. The number of hydrogen-bond donors (Lipinski definition) is 0. The summed E-state index contributed by atoms with van der Waals surface area (Å²) in [6, 6.07) is 0. The van der Waals surface area contributed by atoms with Gasteiger partial charge in [-0.15, -0.1) is 12.3 Å². The molecule has 0 aliphatic heterocycles. The molecule has 8 heteroatoms. The maximum Gasteiger partial charge on any atom is 0.446 e. The fourth-order valence-corrected chi connectivity index (χ4v) is 1.77. The Balaban J connectivity index is -0.000000309. The number of hydrogen-bond acceptors (Lipinski definition) is 5. The fraction of sp³-hybridized carbons (Fsp3) is 0.688. The normalized spacial score (nSPS) is 11.9. The van der Waals surface area contributed by atoms with Gasteiger partial charge in [0, 0.05) is 33.0 Å². The average Bonchev–Trinajstić information content (AvgIpc) is 2.61. The number of ketones is 1. The van der Waals surface area contributed by atoms with Crippen molar-refractivity contribution in [3.05, 3.63) is 5.53 Å². The van der Waals surface area contributed by atoms with Crippen LogP contribution in [0.3, 0.4) is 0 Å². The van der Waals surface area contributed by atoms with E-state index in [0.29, 0.717) is 5.92 Å². The van der Waals surface area contributed by atoms with Crippen molar-refractivity contribution in [2.45, 2.75) is 47.5 Å². The van der Waals surface area contributed by atoms with Crippen LogP contribution in [0.5, 0.6) is 0 Å². The lowest BCUT2D eigenvalue weighted by atomic mass is 10.1. The zero-order valence-electron chi connectivity index (χ0n) is 15.6. The van der Waals surface area contributed by atoms with Crippen LogP contribution < -0.4 is 0 Å². The van der Waals surface area contributed by atoms with E-state index in [2.05, 4.69) is 26.7 Å². The number of Topliss-reactive ketones (excluding diaryl/α,β-unsaturated/α-hetero) is 1. The molecule has 0 saturated carbocycles. The Morgan fingerprint density at radius 1 is 1.29 bits per heavy atom. The Kier molecular flexibility index (Phi) is 18.5. The maximum atomic E-state index is 11.4. The van der Waals surface area contributed by atoms with Gasteiger partial charge in [-0.05, 0) is 12.8 Å². The summed E-state index contributed by atoms with van der Waals surface area (Å²) >= 11 is 0. The minimum Gasteiger partial charge on any atom is -0.360 e. The largest absolute Gasteiger partial charge is 0.446 e. The van der Waals surface area contributed by atoms with E-state index in [1.54, 1.807) is 0 Å². The number of rotatable bonds is 7. The van der Waals surface area contributed by atoms with Crippen LogP contribution >= 0.6 is 7.60 Å². The molecule has 0 aromatic carbocycles. The van der Waals surface area contributed by atoms with Crippen LogP contribution in [0.1, 0.15) is 47.5 Å². The summed E-state index contributed by atoms with van der Waals surface area (Å²) in [5, 5.41) is 0. The first-order valence-electron chi connectivity index (χ1n) is 7.50. The molecule has 0 heterocycles. The summed E-state index contributed by atoms with van der Waals surface area (Å²) in [5.74, 6) is 2.67. The average molecular weight is 360 g/mol. The predicted molar refractivity (Wildman–Crippen MR) is 94.7 cm³/mol. The lowest BCUT2D eigenvalue weighted by Gasteiger charge is -2.05. The van der Waals surface area contributed by atoms with Gasteiger partial charge in [-0.2, -0.15) is 4.79 Å². The molecule has 2 atom stereocenters. The number of nitrogens with zero attached hydrogens (tertiary/aromatic N) is 2. The molecule has 0 spiro atoms. The maximum absolute atomic E-state index is 11.4. The van der Waals surface area contributed by atoms with E-state index in [0.717, 1.165) is 40.3 Å². The van der Waals surface area contributed by atoms with E-state index in [9.17, 15) is 14.2 Å². The lowest BCUT2D eigenvalue weighted by molar-refractivity contribution is -0.114. The third-order valence-electron chi connectivity index (χ3n) is 2.92. The summed E-state index contributed by atoms with van der Waals surface area (Å²) in [5.41, 5.74) is 7.73. The van der Waals surface area contributed by atoms with E-state index in [1.807, 2.05) is 20.8 Å². The second-order valence-corrected chi connectivity index (χ2v) is 6.99. The first-order chi connectivity index (χ1) is 11.1. The second kappa shape index (κ2) is 16.3. The molecular formula is C16H29N2O5P. The monoisotopic (exact) mass is 360 g/mol. The minimum absolute atomic E-state index is 0.255. The summed E-state index contributed by atoms with van der Waals surface area (Å²) < 4.78 is 20.2. The SMILES string of the molecule is C#C[C@H](C)CC.CC[C@@H](C)C=O.COP(=O)(OC)C(=[N+]=[N-])C(C)=O. The van der Waals surface area contributed by atoms with Gasteiger partial charge in [-0.25, -0.2) is 4.57 Å². The van der Waals surface area contributed by atoms with Crippen molar-refractivity contribution in [2.75, 3.05) is 14.2 Å². The summed E-state index contributed by atoms with van der Waals surface area (Å²) in [4.78, 5) is 23.0. The standard InChI is InChI=1S/C6H10.C5H9N2O4P.C5H10O/c1-4-6(3)5-2;1-4(8)5(7-6)12(9,10-2)11-3;1-3-5(2)4-6/h1,6H,5H2,2-3H3;1-3H3;4-5H,3H2,1-2H3/t6-;;5-/m0.1/s1. The molecule has 0 saturated heterocycles. The number of terminal acetylenes is 1. The van der Waals surface area contributed by atoms with Gasteiger partial charge < -0.3 is 19.4 Å². The first kappa shape index (κ1) is 27.3. The molecule has 0 aromatic rings. The molecule has 7 nitrogen and oxygen atoms in total.